The average Bonchev–Trinajstić information content (AvgIpc) is 2.42. The summed E-state index contributed by atoms with van der Waals surface area (Å²) in [5.41, 5.74) is 0.702. The number of halogens is 3. The number of rotatable bonds is 4. The van der Waals surface area contributed by atoms with Gasteiger partial charge < -0.3 is 4.79 Å². The Labute approximate surface area is 117 Å². The lowest BCUT2D eigenvalue weighted by Gasteiger charge is -2.28. The second kappa shape index (κ2) is 6.47. The maximum absolute atomic E-state index is 13.4. The van der Waals surface area contributed by atoms with Crippen LogP contribution in [0.2, 0.25) is 5.02 Å². The molecule has 1 aromatic carbocycles. The summed E-state index contributed by atoms with van der Waals surface area (Å²) >= 11 is 5.49. The van der Waals surface area contributed by atoms with Crippen molar-refractivity contribution < 1.29 is 13.6 Å². The van der Waals surface area contributed by atoms with E-state index in [-0.39, 0.29) is 5.92 Å². The minimum Gasteiger partial charge on any atom is -0.303 e. The van der Waals surface area contributed by atoms with Crippen LogP contribution in [0.1, 0.15) is 50.0 Å². The number of benzene rings is 1. The number of hydrogen-bond acceptors (Lipinski definition) is 1. The Bertz CT molecular complexity index is 430. The van der Waals surface area contributed by atoms with E-state index in [0.29, 0.717) is 17.9 Å². The van der Waals surface area contributed by atoms with Crippen molar-refractivity contribution in [2.75, 3.05) is 0 Å². The largest absolute Gasteiger partial charge is 0.303 e. The Hall–Kier alpha value is -0.960. The van der Waals surface area contributed by atoms with Crippen LogP contribution in [0.3, 0.4) is 0 Å². The van der Waals surface area contributed by atoms with Crippen LogP contribution >= 0.6 is 11.6 Å². The Morgan fingerprint density at radius 1 is 1.16 bits per heavy atom. The minimum absolute atomic E-state index is 0.203. The van der Waals surface area contributed by atoms with Crippen molar-refractivity contribution in [1.29, 1.82) is 0 Å². The monoisotopic (exact) mass is 286 g/mol. The molecule has 19 heavy (non-hydrogen) atoms. The van der Waals surface area contributed by atoms with Gasteiger partial charge in [-0.2, -0.15) is 0 Å². The highest BCUT2D eigenvalue weighted by atomic mass is 35.5. The molecule has 0 radical (unpaired) electrons. The molecule has 4 heteroatoms. The summed E-state index contributed by atoms with van der Waals surface area (Å²) in [6.07, 6.45) is 6.37. The minimum atomic E-state index is -0.681. The molecular formula is C15H17ClF2O. The molecule has 1 nitrogen and oxygen atoms in total. The average molecular weight is 287 g/mol. The zero-order valence-electron chi connectivity index (χ0n) is 10.7. The highest BCUT2D eigenvalue weighted by Gasteiger charge is 2.23. The molecule has 0 spiro atoms. The van der Waals surface area contributed by atoms with Crippen molar-refractivity contribution in [3.8, 4) is 0 Å². The summed E-state index contributed by atoms with van der Waals surface area (Å²) in [6.45, 7) is 0. The quantitative estimate of drug-likeness (QED) is 0.570. The Balaban J connectivity index is 1.99. The number of carbonyl (C=O) groups is 1. The topological polar surface area (TPSA) is 17.1 Å². The van der Waals surface area contributed by atoms with Crippen molar-refractivity contribution in [2.24, 2.45) is 5.92 Å². The molecule has 1 aromatic rings. The highest BCUT2D eigenvalue weighted by molar-refractivity contribution is 6.30. The molecule has 1 aliphatic rings. The molecule has 2 rings (SSSR count). The van der Waals surface area contributed by atoms with E-state index in [1.165, 1.54) is 12.1 Å². The van der Waals surface area contributed by atoms with Crippen LogP contribution in [0, 0.1) is 17.6 Å². The predicted molar refractivity (Wildman–Crippen MR) is 71.4 cm³/mol. The van der Waals surface area contributed by atoms with Gasteiger partial charge in [0.25, 0.3) is 0 Å². The van der Waals surface area contributed by atoms with Gasteiger partial charge in [-0.05, 0) is 61.6 Å². The SMILES string of the molecule is O=CCCC1CCC(c2cc(F)c(Cl)c(F)c2)CC1. The fourth-order valence-corrected chi connectivity index (χ4v) is 3.01. The Kier molecular flexibility index (Phi) is 4.92. The Morgan fingerprint density at radius 3 is 2.26 bits per heavy atom. The molecular weight excluding hydrogens is 270 g/mol. The molecule has 104 valence electrons. The summed E-state index contributed by atoms with van der Waals surface area (Å²) in [5.74, 6) is -0.586. The molecule has 1 aliphatic carbocycles. The molecule has 0 N–H and O–H groups in total. The van der Waals surface area contributed by atoms with Gasteiger partial charge in [-0.15, -0.1) is 0 Å². The van der Waals surface area contributed by atoms with E-state index in [1.54, 1.807) is 0 Å². The van der Waals surface area contributed by atoms with Crippen molar-refractivity contribution in [3.63, 3.8) is 0 Å². The third-order valence-electron chi connectivity index (χ3n) is 4.02. The van der Waals surface area contributed by atoms with Crippen LogP contribution in [0.25, 0.3) is 0 Å². The van der Waals surface area contributed by atoms with Gasteiger partial charge in [0.15, 0.2) is 0 Å². The second-order valence-electron chi connectivity index (χ2n) is 5.26. The van der Waals surface area contributed by atoms with Crippen LogP contribution in [0.5, 0.6) is 0 Å². The van der Waals surface area contributed by atoms with Crippen molar-refractivity contribution in [1.82, 2.24) is 0 Å². The molecule has 0 saturated heterocycles. The first-order valence-electron chi connectivity index (χ1n) is 6.70. The van der Waals surface area contributed by atoms with Crippen molar-refractivity contribution >= 4 is 17.9 Å². The standard InChI is InChI=1S/C15H17ClF2O/c16-15-13(17)8-12(9-14(15)18)11-5-3-10(4-6-11)2-1-7-19/h7-11H,1-6H2. The maximum atomic E-state index is 13.4. The first kappa shape index (κ1) is 14.4. The van der Waals surface area contributed by atoms with E-state index in [1.807, 2.05) is 0 Å². The van der Waals surface area contributed by atoms with Gasteiger partial charge >= 0.3 is 0 Å². The smallest absolute Gasteiger partial charge is 0.145 e. The summed E-state index contributed by atoms with van der Waals surface area (Å²) < 4.78 is 26.9. The highest BCUT2D eigenvalue weighted by Crippen LogP contribution is 2.38. The van der Waals surface area contributed by atoms with Gasteiger partial charge in [0, 0.05) is 6.42 Å². The van der Waals surface area contributed by atoms with Crippen LogP contribution in [-0.2, 0) is 4.79 Å². The first-order valence-corrected chi connectivity index (χ1v) is 7.07. The summed E-state index contributed by atoms with van der Waals surface area (Å²) in [7, 11) is 0. The summed E-state index contributed by atoms with van der Waals surface area (Å²) in [6, 6.07) is 2.70. The molecule has 0 bridgehead atoms. The third kappa shape index (κ3) is 3.53. The van der Waals surface area contributed by atoms with Gasteiger partial charge in [-0.25, -0.2) is 8.78 Å². The Morgan fingerprint density at radius 2 is 1.74 bits per heavy atom. The van der Waals surface area contributed by atoms with E-state index in [4.69, 9.17) is 11.6 Å². The van der Waals surface area contributed by atoms with Crippen LogP contribution < -0.4 is 0 Å². The lowest BCUT2D eigenvalue weighted by atomic mass is 9.77. The van der Waals surface area contributed by atoms with E-state index >= 15 is 0 Å². The fraction of sp³-hybridized carbons (Fsp3) is 0.533. The molecule has 0 heterocycles. The fourth-order valence-electron chi connectivity index (χ4n) is 2.90. The van der Waals surface area contributed by atoms with Crippen LogP contribution in [0.15, 0.2) is 12.1 Å². The summed E-state index contributed by atoms with van der Waals surface area (Å²) in [5, 5.41) is -0.427. The van der Waals surface area contributed by atoms with E-state index < -0.39 is 16.7 Å². The van der Waals surface area contributed by atoms with Gasteiger partial charge in [0.1, 0.15) is 22.9 Å². The molecule has 0 atom stereocenters. The van der Waals surface area contributed by atoms with Crippen molar-refractivity contribution in [2.45, 2.75) is 44.4 Å². The van der Waals surface area contributed by atoms with Gasteiger partial charge in [-0.1, -0.05) is 11.6 Å². The first-order chi connectivity index (χ1) is 9.11. The van der Waals surface area contributed by atoms with Gasteiger partial charge in [0.2, 0.25) is 0 Å². The molecule has 0 aromatic heterocycles. The maximum Gasteiger partial charge on any atom is 0.145 e. The third-order valence-corrected chi connectivity index (χ3v) is 4.38. The number of hydrogen-bond donors (Lipinski definition) is 0. The zero-order valence-corrected chi connectivity index (χ0v) is 11.4. The normalized spacial score (nSPS) is 23.3. The molecule has 0 amide bonds. The van der Waals surface area contributed by atoms with Crippen molar-refractivity contribution in [3.05, 3.63) is 34.4 Å². The van der Waals surface area contributed by atoms with Gasteiger partial charge in [0.05, 0.1) is 0 Å². The van der Waals surface area contributed by atoms with E-state index in [9.17, 15) is 13.6 Å². The van der Waals surface area contributed by atoms with E-state index in [2.05, 4.69) is 0 Å². The molecule has 1 fully saturated rings. The molecule has 1 saturated carbocycles. The molecule has 0 unspecified atom stereocenters. The lowest BCUT2D eigenvalue weighted by molar-refractivity contribution is -0.108. The zero-order chi connectivity index (χ0) is 13.8. The van der Waals surface area contributed by atoms with Crippen LogP contribution in [0.4, 0.5) is 8.78 Å². The number of aldehydes is 1. The predicted octanol–water partition coefficient (Wildman–Crippen LogP) is 4.87. The van der Waals surface area contributed by atoms with Crippen LogP contribution in [-0.4, -0.2) is 6.29 Å². The molecule has 0 aliphatic heterocycles. The lowest BCUT2D eigenvalue weighted by Crippen LogP contribution is -2.14. The summed E-state index contributed by atoms with van der Waals surface area (Å²) in [4.78, 5) is 10.3. The van der Waals surface area contributed by atoms with Gasteiger partial charge in [-0.3, -0.25) is 0 Å². The number of carbonyl (C=O) groups excluding carboxylic acids is 1. The van der Waals surface area contributed by atoms with E-state index in [0.717, 1.165) is 38.4 Å². The second-order valence-corrected chi connectivity index (χ2v) is 5.64.